The first-order chi connectivity index (χ1) is 13.3. The van der Waals surface area contributed by atoms with Gasteiger partial charge in [0, 0.05) is 22.7 Å². The Bertz CT molecular complexity index is 998. The summed E-state index contributed by atoms with van der Waals surface area (Å²) < 4.78 is 5.01. The fourth-order valence-electron chi connectivity index (χ4n) is 2.93. The molecule has 1 atom stereocenters. The number of carbonyl (C=O) groups is 4. The summed E-state index contributed by atoms with van der Waals surface area (Å²) in [7, 11) is 0. The zero-order valence-corrected chi connectivity index (χ0v) is 16.1. The van der Waals surface area contributed by atoms with Gasteiger partial charge in [-0.1, -0.05) is 42.8 Å². The Kier molecular flexibility index (Phi) is 5.61. The second-order valence-corrected chi connectivity index (χ2v) is 6.88. The van der Waals surface area contributed by atoms with Crippen LogP contribution in [0.25, 0.3) is 0 Å². The van der Waals surface area contributed by atoms with Gasteiger partial charge in [-0.3, -0.25) is 14.4 Å². The molecule has 2 aromatic carbocycles. The van der Waals surface area contributed by atoms with Gasteiger partial charge in [-0.25, -0.2) is 4.79 Å². The maximum Gasteiger partial charge on any atom is 0.340 e. The van der Waals surface area contributed by atoms with E-state index in [1.54, 1.807) is 24.3 Å². The summed E-state index contributed by atoms with van der Waals surface area (Å²) in [6, 6.07) is 9.11. The smallest absolute Gasteiger partial charge is 0.340 e. The molecule has 0 saturated heterocycles. The van der Waals surface area contributed by atoms with Crippen molar-refractivity contribution in [1.82, 2.24) is 5.32 Å². The summed E-state index contributed by atoms with van der Waals surface area (Å²) in [6.45, 7) is 3.28. The molecule has 0 spiro atoms. The molecule has 1 amide bonds. The standard InChI is InChI=1S/C21H18ClNO5/c1-3-11(2)23-16(24)10-28-21(27)15-9-8-14-17(18(15)22)20(26)13-7-5-4-6-12(13)19(14)25/h4-9,11H,3,10H2,1-2H3,(H,23,24)/t11-/m1/s1. The van der Waals surface area contributed by atoms with E-state index in [0.29, 0.717) is 5.56 Å². The fraction of sp³-hybridized carbons (Fsp3) is 0.238. The highest BCUT2D eigenvalue weighted by molar-refractivity contribution is 6.41. The number of benzene rings is 2. The number of fused-ring (bicyclic) bond motifs is 2. The summed E-state index contributed by atoms with van der Waals surface area (Å²) in [6.07, 6.45) is 0.744. The number of hydrogen-bond donors (Lipinski definition) is 1. The van der Waals surface area contributed by atoms with Crippen molar-refractivity contribution < 1.29 is 23.9 Å². The number of ketones is 2. The van der Waals surface area contributed by atoms with Gasteiger partial charge in [0.2, 0.25) is 0 Å². The lowest BCUT2D eigenvalue weighted by Gasteiger charge is -2.19. The van der Waals surface area contributed by atoms with Gasteiger partial charge >= 0.3 is 5.97 Å². The fourth-order valence-corrected chi connectivity index (χ4v) is 3.26. The SMILES string of the molecule is CC[C@@H](C)NC(=O)COC(=O)c1ccc2c(c1Cl)C(=O)c1ccccc1C2=O. The lowest BCUT2D eigenvalue weighted by atomic mass is 9.83. The Morgan fingerprint density at radius 3 is 2.32 bits per heavy atom. The zero-order chi connectivity index (χ0) is 20.4. The van der Waals surface area contributed by atoms with Gasteiger partial charge in [-0.2, -0.15) is 0 Å². The molecule has 1 aliphatic rings. The highest BCUT2D eigenvalue weighted by atomic mass is 35.5. The Balaban J connectivity index is 1.86. The van der Waals surface area contributed by atoms with Gasteiger partial charge < -0.3 is 10.1 Å². The second kappa shape index (κ2) is 7.94. The summed E-state index contributed by atoms with van der Waals surface area (Å²) in [4.78, 5) is 49.6. The number of rotatable bonds is 5. The molecule has 0 radical (unpaired) electrons. The van der Waals surface area contributed by atoms with Crippen LogP contribution in [0, 0.1) is 0 Å². The number of nitrogens with one attached hydrogen (secondary N) is 1. The van der Waals surface area contributed by atoms with E-state index < -0.39 is 24.3 Å². The van der Waals surface area contributed by atoms with E-state index in [9.17, 15) is 19.2 Å². The van der Waals surface area contributed by atoms with Gasteiger partial charge in [0.05, 0.1) is 16.1 Å². The number of esters is 1. The normalized spacial score (nSPS) is 13.4. The minimum Gasteiger partial charge on any atom is -0.452 e. The molecule has 6 nitrogen and oxygen atoms in total. The van der Waals surface area contributed by atoms with E-state index >= 15 is 0 Å². The van der Waals surface area contributed by atoms with Crippen LogP contribution in [0.15, 0.2) is 36.4 Å². The van der Waals surface area contributed by atoms with Crippen molar-refractivity contribution in [3.63, 3.8) is 0 Å². The molecule has 3 rings (SSSR count). The van der Waals surface area contributed by atoms with Crippen LogP contribution in [0.1, 0.15) is 62.5 Å². The summed E-state index contributed by atoms with van der Waals surface area (Å²) in [5.74, 6) is -2.04. The Labute approximate surface area is 166 Å². The van der Waals surface area contributed by atoms with Crippen molar-refractivity contribution in [2.75, 3.05) is 6.61 Å². The van der Waals surface area contributed by atoms with Gasteiger partial charge in [0.25, 0.3) is 5.91 Å². The summed E-state index contributed by atoms with van der Waals surface area (Å²) in [5, 5.41) is 2.52. The van der Waals surface area contributed by atoms with Gasteiger partial charge in [-0.05, 0) is 25.5 Å². The first-order valence-corrected chi connectivity index (χ1v) is 9.20. The monoisotopic (exact) mass is 399 g/mol. The minimum absolute atomic E-state index is 0.0242. The zero-order valence-electron chi connectivity index (χ0n) is 15.4. The first kappa shape index (κ1) is 19.8. The summed E-state index contributed by atoms with van der Waals surface area (Å²) in [5.41, 5.74) is 0.578. The molecule has 2 aromatic rings. The predicted octanol–water partition coefficient (Wildman–Crippen LogP) is 3.19. The molecule has 1 aliphatic carbocycles. The molecule has 7 heteroatoms. The van der Waals surface area contributed by atoms with Crippen LogP contribution < -0.4 is 5.32 Å². The lowest BCUT2D eigenvalue weighted by Crippen LogP contribution is -2.35. The van der Waals surface area contributed by atoms with E-state index in [1.807, 2.05) is 13.8 Å². The van der Waals surface area contributed by atoms with E-state index in [4.69, 9.17) is 16.3 Å². The van der Waals surface area contributed by atoms with Gasteiger partial charge in [-0.15, -0.1) is 0 Å². The van der Waals surface area contributed by atoms with Crippen molar-refractivity contribution in [2.24, 2.45) is 0 Å². The maximum atomic E-state index is 12.8. The molecule has 28 heavy (non-hydrogen) atoms. The Morgan fingerprint density at radius 2 is 1.68 bits per heavy atom. The number of amides is 1. The first-order valence-electron chi connectivity index (χ1n) is 8.82. The number of hydrogen-bond acceptors (Lipinski definition) is 5. The van der Waals surface area contributed by atoms with Crippen molar-refractivity contribution in [3.8, 4) is 0 Å². The van der Waals surface area contributed by atoms with Crippen molar-refractivity contribution >= 4 is 35.0 Å². The molecule has 144 valence electrons. The highest BCUT2D eigenvalue weighted by Gasteiger charge is 2.33. The molecular formula is C21H18ClNO5. The molecule has 0 bridgehead atoms. The second-order valence-electron chi connectivity index (χ2n) is 6.51. The van der Waals surface area contributed by atoms with Crippen LogP contribution in [-0.2, 0) is 9.53 Å². The van der Waals surface area contributed by atoms with Crippen LogP contribution >= 0.6 is 11.6 Å². The van der Waals surface area contributed by atoms with E-state index in [-0.39, 0.29) is 39.1 Å². The van der Waals surface area contributed by atoms with E-state index in [0.717, 1.165) is 6.42 Å². The van der Waals surface area contributed by atoms with Crippen LogP contribution in [0.2, 0.25) is 5.02 Å². The van der Waals surface area contributed by atoms with Crippen LogP contribution in [0.5, 0.6) is 0 Å². The molecule has 0 aliphatic heterocycles. The van der Waals surface area contributed by atoms with E-state index in [1.165, 1.54) is 12.1 Å². The minimum atomic E-state index is -0.841. The van der Waals surface area contributed by atoms with E-state index in [2.05, 4.69) is 5.32 Å². The van der Waals surface area contributed by atoms with Crippen molar-refractivity contribution in [1.29, 1.82) is 0 Å². The predicted molar refractivity (Wildman–Crippen MR) is 103 cm³/mol. The topological polar surface area (TPSA) is 89.5 Å². The third-order valence-electron chi connectivity index (χ3n) is 4.60. The molecule has 0 saturated carbocycles. The Morgan fingerprint density at radius 1 is 1.04 bits per heavy atom. The molecule has 0 heterocycles. The van der Waals surface area contributed by atoms with Gasteiger partial charge in [0.1, 0.15) is 0 Å². The molecule has 0 aromatic heterocycles. The third-order valence-corrected chi connectivity index (χ3v) is 5.00. The molecule has 1 N–H and O–H groups in total. The quantitative estimate of drug-likeness (QED) is 0.665. The highest BCUT2D eigenvalue weighted by Crippen LogP contribution is 2.34. The number of carbonyl (C=O) groups excluding carboxylic acids is 4. The molecular weight excluding hydrogens is 382 g/mol. The number of halogens is 1. The number of ether oxygens (including phenoxy) is 1. The van der Waals surface area contributed by atoms with Crippen LogP contribution in [0.3, 0.4) is 0 Å². The Hall–Kier alpha value is -2.99. The van der Waals surface area contributed by atoms with Crippen LogP contribution in [-0.4, -0.2) is 36.1 Å². The average molecular weight is 400 g/mol. The molecule has 0 unspecified atom stereocenters. The maximum absolute atomic E-state index is 12.8. The van der Waals surface area contributed by atoms with Gasteiger partial charge in [0.15, 0.2) is 18.2 Å². The molecule has 0 fully saturated rings. The summed E-state index contributed by atoms with van der Waals surface area (Å²) >= 11 is 6.30. The van der Waals surface area contributed by atoms with Crippen molar-refractivity contribution in [2.45, 2.75) is 26.3 Å². The van der Waals surface area contributed by atoms with Crippen LogP contribution in [0.4, 0.5) is 0 Å². The van der Waals surface area contributed by atoms with Crippen molar-refractivity contribution in [3.05, 3.63) is 69.2 Å². The average Bonchev–Trinajstić information content (AvgIpc) is 2.69. The lowest BCUT2D eigenvalue weighted by molar-refractivity contribution is -0.124. The largest absolute Gasteiger partial charge is 0.452 e. The third kappa shape index (κ3) is 3.55.